The van der Waals surface area contributed by atoms with Gasteiger partial charge >= 0.3 is 0 Å². The fourth-order valence-corrected chi connectivity index (χ4v) is 2.26. The number of aromatic nitrogens is 2. The molecule has 0 saturated heterocycles. The smallest absolute Gasteiger partial charge is 0.182 e. The Labute approximate surface area is 90.7 Å². The van der Waals surface area contributed by atoms with Gasteiger partial charge in [0.1, 0.15) is 5.52 Å². The van der Waals surface area contributed by atoms with Crippen molar-refractivity contribution >= 4 is 32.9 Å². The van der Waals surface area contributed by atoms with Crippen molar-refractivity contribution in [2.45, 2.75) is 0 Å². The Hall–Kier alpha value is -2.29. The van der Waals surface area contributed by atoms with Crippen molar-refractivity contribution < 1.29 is 4.42 Å². The van der Waals surface area contributed by atoms with E-state index in [2.05, 4.69) is 22.1 Å². The number of H-pyrrole nitrogens is 1. The van der Waals surface area contributed by atoms with Crippen LogP contribution in [0.1, 0.15) is 0 Å². The van der Waals surface area contributed by atoms with E-state index in [1.165, 1.54) is 11.8 Å². The molecule has 0 aliphatic rings. The Morgan fingerprint density at radius 2 is 1.94 bits per heavy atom. The molecule has 0 bridgehead atoms. The molecule has 0 aliphatic heterocycles. The van der Waals surface area contributed by atoms with E-state index in [0.29, 0.717) is 0 Å². The lowest BCUT2D eigenvalue weighted by atomic mass is 10.1. The van der Waals surface area contributed by atoms with Gasteiger partial charge in [-0.05, 0) is 18.2 Å². The summed E-state index contributed by atoms with van der Waals surface area (Å²) >= 11 is 0. The van der Waals surface area contributed by atoms with Crippen LogP contribution in [0.5, 0.6) is 0 Å². The fourth-order valence-electron chi connectivity index (χ4n) is 2.26. The number of para-hydroxylation sites is 1. The molecule has 0 amide bonds. The van der Waals surface area contributed by atoms with E-state index < -0.39 is 0 Å². The summed E-state index contributed by atoms with van der Waals surface area (Å²) in [5.41, 5.74) is 3.97. The Kier molecular flexibility index (Phi) is 1.31. The molecule has 3 nitrogen and oxygen atoms in total. The lowest BCUT2D eigenvalue weighted by Gasteiger charge is -1.91. The molecule has 3 heteroatoms. The van der Waals surface area contributed by atoms with E-state index >= 15 is 0 Å². The van der Waals surface area contributed by atoms with Crippen LogP contribution >= 0.6 is 0 Å². The maximum atomic E-state index is 5.47. The van der Waals surface area contributed by atoms with Crippen LogP contribution in [0, 0.1) is 0 Å². The van der Waals surface area contributed by atoms with Gasteiger partial charge in [0.05, 0.1) is 10.9 Å². The molecule has 2 aromatic carbocycles. The zero-order valence-electron chi connectivity index (χ0n) is 8.40. The number of hydrogen-bond acceptors (Lipinski definition) is 2. The molecule has 0 saturated carbocycles. The topological polar surface area (TPSA) is 41.8 Å². The summed E-state index contributed by atoms with van der Waals surface area (Å²) < 4.78 is 5.47. The van der Waals surface area contributed by atoms with Gasteiger partial charge in [-0.1, -0.05) is 18.2 Å². The average molecular weight is 208 g/mol. The Bertz CT molecular complexity index is 810. The standard InChI is InChI=1S/C13H8N2O/c1-2-4-9-8(3-1)12-10(15-9)5-6-11-13(12)16-7-14-11/h1-7,15H. The molecule has 2 aromatic heterocycles. The second-order valence-corrected chi connectivity index (χ2v) is 3.86. The summed E-state index contributed by atoms with van der Waals surface area (Å²) in [6.07, 6.45) is 1.49. The summed E-state index contributed by atoms with van der Waals surface area (Å²) in [5, 5.41) is 2.30. The average Bonchev–Trinajstić information content (AvgIpc) is 2.91. The highest BCUT2D eigenvalue weighted by atomic mass is 16.3. The van der Waals surface area contributed by atoms with Crippen LogP contribution in [0.2, 0.25) is 0 Å². The van der Waals surface area contributed by atoms with Gasteiger partial charge in [0, 0.05) is 10.9 Å². The molecule has 76 valence electrons. The number of oxazole rings is 1. The number of benzene rings is 2. The third kappa shape index (κ3) is 0.852. The summed E-state index contributed by atoms with van der Waals surface area (Å²) in [6.45, 7) is 0. The zero-order chi connectivity index (χ0) is 10.5. The van der Waals surface area contributed by atoms with Crippen LogP contribution in [0.15, 0.2) is 47.2 Å². The molecule has 0 unspecified atom stereocenters. The van der Waals surface area contributed by atoms with E-state index in [4.69, 9.17) is 4.42 Å². The number of fused-ring (bicyclic) bond motifs is 5. The molecular formula is C13H8N2O. The minimum Gasteiger partial charge on any atom is -0.443 e. The number of aromatic amines is 1. The Balaban J connectivity index is 2.42. The largest absolute Gasteiger partial charge is 0.443 e. The summed E-state index contributed by atoms with van der Waals surface area (Å²) in [6, 6.07) is 12.2. The van der Waals surface area contributed by atoms with Crippen molar-refractivity contribution in [3.63, 3.8) is 0 Å². The van der Waals surface area contributed by atoms with Crippen molar-refractivity contribution in [2.24, 2.45) is 0 Å². The number of hydrogen-bond donors (Lipinski definition) is 1. The first-order chi connectivity index (χ1) is 7.93. The number of nitrogens with zero attached hydrogens (tertiary/aromatic N) is 1. The Morgan fingerprint density at radius 1 is 1.00 bits per heavy atom. The highest BCUT2D eigenvalue weighted by Crippen LogP contribution is 2.31. The third-order valence-electron chi connectivity index (χ3n) is 2.96. The van der Waals surface area contributed by atoms with Crippen molar-refractivity contribution in [3.05, 3.63) is 42.8 Å². The minimum atomic E-state index is 0.856. The third-order valence-corrected chi connectivity index (χ3v) is 2.96. The SMILES string of the molecule is c1ccc2c(c1)[nH]c1ccc3ncoc3c12. The molecule has 2 heterocycles. The molecule has 16 heavy (non-hydrogen) atoms. The lowest BCUT2D eigenvalue weighted by molar-refractivity contribution is 0.605. The van der Waals surface area contributed by atoms with Crippen LogP contribution in [0.4, 0.5) is 0 Å². The molecule has 0 spiro atoms. The molecule has 0 radical (unpaired) electrons. The van der Waals surface area contributed by atoms with Gasteiger partial charge in [0.2, 0.25) is 0 Å². The molecule has 0 aliphatic carbocycles. The van der Waals surface area contributed by atoms with Gasteiger partial charge in [0.25, 0.3) is 0 Å². The normalized spacial score (nSPS) is 11.8. The molecule has 4 aromatic rings. The highest BCUT2D eigenvalue weighted by molar-refractivity contribution is 6.17. The van der Waals surface area contributed by atoms with Crippen LogP contribution in [0.3, 0.4) is 0 Å². The predicted molar refractivity (Wildman–Crippen MR) is 63.4 cm³/mol. The summed E-state index contributed by atoms with van der Waals surface area (Å²) in [5.74, 6) is 0. The van der Waals surface area contributed by atoms with Crippen LogP contribution < -0.4 is 0 Å². The molecule has 0 fully saturated rings. The monoisotopic (exact) mass is 208 g/mol. The lowest BCUT2D eigenvalue weighted by Crippen LogP contribution is -1.70. The quantitative estimate of drug-likeness (QED) is 0.480. The van der Waals surface area contributed by atoms with E-state index in [-0.39, 0.29) is 0 Å². The summed E-state index contributed by atoms with van der Waals surface area (Å²) in [4.78, 5) is 7.55. The molecular weight excluding hydrogens is 200 g/mol. The minimum absolute atomic E-state index is 0.856. The first kappa shape index (κ1) is 7.93. The number of nitrogens with one attached hydrogen (secondary N) is 1. The first-order valence-corrected chi connectivity index (χ1v) is 5.16. The van der Waals surface area contributed by atoms with E-state index in [9.17, 15) is 0 Å². The highest BCUT2D eigenvalue weighted by Gasteiger charge is 2.09. The van der Waals surface area contributed by atoms with Crippen molar-refractivity contribution in [3.8, 4) is 0 Å². The van der Waals surface area contributed by atoms with E-state index in [1.54, 1.807) is 0 Å². The first-order valence-electron chi connectivity index (χ1n) is 5.16. The molecule has 4 rings (SSSR count). The van der Waals surface area contributed by atoms with E-state index in [1.807, 2.05) is 24.3 Å². The van der Waals surface area contributed by atoms with Gasteiger partial charge in [-0.2, -0.15) is 0 Å². The van der Waals surface area contributed by atoms with Crippen molar-refractivity contribution in [1.82, 2.24) is 9.97 Å². The van der Waals surface area contributed by atoms with E-state index in [0.717, 1.165) is 27.5 Å². The van der Waals surface area contributed by atoms with Gasteiger partial charge in [-0.25, -0.2) is 4.98 Å². The van der Waals surface area contributed by atoms with Gasteiger partial charge < -0.3 is 9.40 Å². The zero-order valence-corrected chi connectivity index (χ0v) is 8.40. The fraction of sp³-hybridized carbons (Fsp3) is 0. The van der Waals surface area contributed by atoms with Crippen molar-refractivity contribution in [1.29, 1.82) is 0 Å². The molecule has 0 atom stereocenters. The molecule has 1 N–H and O–H groups in total. The Morgan fingerprint density at radius 3 is 2.94 bits per heavy atom. The summed E-state index contributed by atoms with van der Waals surface area (Å²) in [7, 11) is 0. The number of rotatable bonds is 0. The van der Waals surface area contributed by atoms with Crippen LogP contribution in [-0.4, -0.2) is 9.97 Å². The van der Waals surface area contributed by atoms with Gasteiger partial charge in [-0.15, -0.1) is 0 Å². The second kappa shape index (κ2) is 2.64. The van der Waals surface area contributed by atoms with Crippen molar-refractivity contribution in [2.75, 3.05) is 0 Å². The van der Waals surface area contributed by atoms with Crippen LogP contribution in [0.25, 0.3) is 32.9 Å². The predicted octanol–water partition coefficient (Wildman–Crippen LogP) is 3.46. The van der Waals surface area contributed by atoms with Gasteiger partial charge in [-0.3, -0.25) is 0 Å². The second-order valence-electron chi connectivity index (χ2n) is 3.86. The van der Waals surface area contributed by atoms with Crippen LogP contribution in [-0.2, 0) is 0 Å². The maximum Gasteiger partial charge on any atom is 0.182 e. The van der Waals surface area contributed by atoms with Gasteiger partial charge in [0.15, 0.2) is 12.0 Å². The maximum absolute atomic E-state index is 5.47.